The minimum absolute atomic E-state index is 0.0390. The average molecular weight is 497 g/mol. The summed E-state index contributed by atoms with van der Waals surface area (Å²) in [6.45, 7) is 6.15. The van der Waals surface area contributed by atoms with Gasteiger partial charge in [0.25, 0.3) is 15.9 Å². The highest BCUT2D eigenvalue weighted by Gasteiger charge is 2.28. The van der Waals surface area contributed by atoms with Gasteiger partial charge in [-0.05, 0) is 32.0 Å². The lowest BCUT2D eigenvalue weighted by atomic mass is 10.1. The molecule has 184 valence electrons. The predicted molar refractivity (Wildman–Crippen MR) is 131 cm³/mol. The van der Waals surface area contributed by atoms with Gasteiger partial charge in [0.1, 0.15) is 5.84 Å². The maximum atomic E-state index is 13.0. The van der Waals surface area contributed by atoms with Gasteiger partial charge in [-0.2, -0.15) is 4.98 Å². The van der Waals surface area contributed by atoms with Crippen LogP contribution >= 0.6 is 0 Å². The number of carbonyl (C=O) groups excluding carboxylic acids is 1. The molecule has 0 spiro atoms. The van der Waals surface area contributed by atoms with E-state index in [2.05, 4.69) is 19.4 Å². The summed E-state index contributed by atoms with van der Waals surface area (Å²) in [6.07, 6.45) is 6.57. The topological polar surface area (TPSA) is 112 Å². The number of aromatic nitrogens is 2. The Balaban J connectivity index is 1.08. The third kappa shape index (κ3) is 5.51. The third-order valence-electron chi connectivity index (χ3n) is 6.37. The Kier molecular flexibility index (Phi) is 6.52. The first-order valence-electron chi connectivity index (χ1n) is 11.8. The molecule has 2 aromatic rings. The molecule has 11 heteroatoms. The van der Waals surface area contributed by atoms with E-state index in [4.69, 9.17) is 4.52 Å². The van der Waals surface area contributed by atoms with Gasteiger partial charge in [0.05, 0.1) is 11.3 Å². The number of hydrogen-bond acceptors (Lipinski definition) is 8. The summed E-state index contributed by atoms with van der Waals surface area (Å²) >= 11 is 0. The van der Waals surface area contributed by atoms with E-state index in [1.54, 1.807) is 23.3 Å². The molecule has 1 aromatic carbocycles. The predicted octanol–water partition coefficient (Wildman–Crippen LogP) is 1.62. The van der Waals surface area contributed by atoms with Gasteiger partial charge in [-0.15, -0.1) is 4.40 Å². The van der Waals surface area contributed by atoms with Crippen molar-refractivity contribution < 1.29 is 17.7 Å². The lowest BCUT2D eigenvalue weighted by Gasteiger charge is -2.35. The molecule has 0 aliphatic carbocycles. The average Bonchev–Trinajstić information content (AvgIpc) is 3.32. The SMILES string of the molecule is Cc1ccc(-c2noc(CCCN3CCN(C(=O)C4=CN5CCS(=O)(=O)N=C5C=C4)CC3)n2)cc1. The van der Waals surface area contributed by atoms with Gasteiger partial charge in [0.15, 0.2) is 0 Å². The Labute approximate surface area is 204 Å². The van der Waals surface area contributed by atoms with E-state index in [1.165, 1.54) is 5.56 Å². The summed E-state index contributed by atoms with van der Waals surface area (Å²) < 4.78 is 32.5. The van der Waals surface area contributed by atoms with Crippen LogP contribution in [-0.2, 0) is 21.2 Å². The summed E-state index contributed by atoms with van der Waals surface area (Å²) in [4.78, 5) is 23.4. The molecule has 3 aliphatic rings. The van der Waals surface area contributed by atoms with Crippen LogP contribution in [0.2, 0.25) is 0 Å². The maximum absolute atomic E-state index is 13.0. The highest BCUT2D eigenvalue weighted by Crippen LogP contribution is 2.19. The number of aryl methyl sites for hydroxylation is 2. The van der Waals surface area contributed by atoms with Crippen molar-refractivity contribution in [1.29, 1.82) is 0 Å². The quantitative estimate of drug-likeness (QED) is 0.593. The van der Waals surface area contributed by atoms with Crippen LogP contribution in [0.1, 0.15) is 17.9 Å². The van der Waals surface area contributed by atoms with Crippen molar-refractivity contribution in [3.05, 3.63) is 59.6 Å². The number of fused-ring (bicyclic) bond motifs is 1. The number of rotatable bonds is 6. The fourth-order valence-electron chi connectivity index (χ4n) is 4.31. The van der Waals surface area contributed by atoms with E-state index < -0.39 is 10.0 Å². The monoisotopic (exact) mass is 496 g/mol. The van der Waals surface area contributed by atoms with Crippen molar-refractivity contribution >= 4 is 21.8 Å². The molecular formula is C24H28N6O4S. The zero-order chi connectivity index (χ0) is 24.4. The van der Waals surface area contributed by atoms with Crippen molar-refractivity contribution in [2.75, 3.05) is 45.0 Å². The Morgan fingerprint density at radius 3 is 2.60 bits per heavy atom. The van der Waals surface area contributed by atoms with Crippen molar-refractivity contribution in [3.8, 4) is 11.4 Å². The molecule has 0 radical (unpaired) electrons. The van der Waals surface area contributed by atoms with Crippen LogP contribution in [0.5, 0.6) is 0 Å². The zero-order valence-electron chi connectivity index (χ0n) is 19.6. The molecule has 1 fully saturated rings. The highest BCUT2D eigenvalue weighted by atomic mass is 32.2. The van der Waals surface area contributed by atoms with Gasteiger partial charge in [0, 0.05) is 50.9 Å². The number of amides is 1. The Morgan fingerprint density at radius 2 is 1.83 bits per heavy atom. The van der Waals surface area contributed by atoms with E-state index in [-0.39, 0.29) is 11.7 Å². The van der Waals surface area contributed by atoms with Gasteiger partial charge < -0.3 is 14.3 Å². The van der Waals surface area contributed by atoms with Crippen molar-refractivity contribution in [2.24, 2.45) is 4.40 Å². The summed E-state index contributed by atoms with van der Waals surface area (Å²) in [7, 11) is -3.40. The molecule has 35 heavy (non-hydrogen) atoms. The molecule has 0 saturated carbocycles. The molecule has 4 heterocycles. The van der Waals surface area contributed by atoms with E-state index >= 15 is 0 Å². The van der Waals surface area contributed by atoms with Gasteiger partial charge in [-0.1, -0.05) is 35.0 Å². The molecular weight excluding hydrogens is 468 g/mol. The number of benzene rings is 1. The van der Waals surface area contributed by atoms with Gasteiger partial charge in [0.2, 0.25) is 11.7 Å². The van der Waals surface area contributed by atoms with Crippen LogP contribution in [0.25, 0.3) is 11.4 Å². The largest absolute Gasteiger partial charge is 0.339 e. The smallest absolute Gasteiger partial charge is 0.256 e. The van der Waals surface area contributed by atoms with Crippen LogP contribution in [-0.4, -0.2) is 90.0 Å². The van der Waals surface area contributed by atoms with E-state index in [1.807, 2.05) is 36.1 Å². The second kappa shape index (κ2) is 9.74. The fraction of sp³-hybridized carbons (Fsp3) is 0.417. The molecule has 0 unspecified atom stereocenters. The Bertz CT molecular complexity index is 1290. The maximum Gasteiger partial charge on any atom is 0.256 e. The highest BCUT2D eigenvalue weighted by molar-refractivity contribution is 7.90. The summed E-state index contributed by atoms with van der Waals surface area (Å²) in [6, 6.07) is 8.05. The lowest BCUT2D eigenvalue weighted by molar-refractivity contribution is -0.128. The number of amidine groups is 1. The second-order valence-electron chi connectivity index (χ2n) is 8.96. The minimum atomic E-state index is -3.40. The van der Waals surface area contributed by atoms with Crippen LogP contribution < -0.4 is 0 Å². The van der Waals surface area contributed by atoms with Crippen LogP contribution in [0.15, 0.2) is 57.1 Å². The molecule has 10 nitrogen and oxygen atoms in total. The molecule has 0 N–H and O–H groups in total. The van der Waals surface area contributed by atoms with Gasteiger partial charge in [-0.25, -0.2) is 8.42 Å². The molecule has 3 aliphatic heterocycles. The fourth-order valence-corrected chi connectivity index (χ4v) is 5.28. The first-order chi connectivity index (χ1) is 16.9. The van der Waals surface area contributed by atoms with Crippen LogP contribution in [0.3, 0.4) is 0 Å². The second-order valence-corrected chi connectivity index (χ2v) is 10.7. The summed E-state index contributed by atoms with van der Waals surface area (Å²) in [5.74, 6) is 1.53. The van der Waals surface area contributed by atoms with Crippen molar-refractivity contribution in [2.45, 2.75) is 19.8 Å². The van der Waals surface area contributed by atoms with E-state index in [9.17, 15) is 13.2 Å². The molecule has 5 rings (SSSR count). The van der Waals surface area contributed by atoms with Crippen LogP contribution in [0, 0.1) is 6.92 Å². The summed E-state index contributed by atoms with van der Waals surface area (Å²) in [5, 5.41) is 4.09. The Hall–Kier alpha value is -3.31. The molecule has 1 saturated heterocycles. The lowest BCUT2D eigenvalue weighted by Crippen LogP contribution is -2.49. The van der Waals surface area contributed by atoms with E-state index in [0.29, 0.717) is 49.2 Å². The number of nitrogens with zero attached hydrogens (tertiary/aromatic N) is 6. The zero-order valence-corrected chi connectivity index (χ0v) is 20.4. The molecule has 1 aromatic heterocycles. The van der Waals surface area contributed by atoms with E-state index in [0.717, 1.165) is 31.6 Å². The third-order valence-corrected chi connectivity index (χ3v) is 7.54. The normalized spacial score (nSPS) is 19.8. The number of carbonyl (C=O) groups is 1. The van der Waals surface area contributed by atoms with Crippen molar-refractivity contribution in [3.63, 3.8) is 0 Å². The first-order valence-corrected chi connectivity index (χ1v) is 13.4. The van der Waals surface area contributed by atoms with Crippen LogP contribution in [0.4, 0.5) is 0 Å². The first kappa shape index (κ1) is 23.4. The summed E-state index contributed by atoms with van der Waals surface area (Å²) in [5.41, 5.74) is 2.69. The van der Waals surface area contributed by atoms with Gasteiger partial charge in [-0.3, -0.25) is 9.69 Å². The standard InChI is InChI=1S/C24H28N6O4S/c1-18-4-6-19(7-5-18)23-25-22(34-26-23)3-2-10-28-11-13-29(14-12-28)24(31)20-8-9-21-27-35(32,33)16-15-30(21)17-20/h4-9,17H,2-3,10-16H2,1H3. The minimum Gasteiger partial charge on any atom is -0.339 e. The molecule has 0 bridgehead atoms. The number of piperazine rings is 1. The number of sulfonamides is 1. The number of hydrogen-bond donors (Lipinski definition) is 0. The molecule has 0 atom stereocenters. The molecule has 1 amide bonds. The Morgan fingerprint density at radius 1 is 1.06 bits per heavy atom. The van der Waals surface area contributed by atoms with Crippen molar-refractivity contribution in [1.82, 2.24) is 24.8 Å². The van der Waals surface area contributed by atoms with Gasteiger partial charge >= 0.3 is 0 Å².